The largest absolute Gasteiger partial charge is 0.274 e. The second kappa shape index (κ2) is 3.14. The van der Waals surface area contributed by atoms with Crippen LogP contribution in [0.4, 0.5) is 0 Å². The minimum Gasteiger partial charge on any atom is -0.274 e. The van der Waals surface area contributed by atoms with Gasteiger partial charge in [0.2, 0.25) is 5.91 Å². The third-order valence-electron chi connectivity index (χ3n) is 2.11. The van der Waals surface area contributed by atoms with Crippen molar-refractivity contribution in [3.05, 3.63) is 35.4 Å². The van der Waals surface area contributed by atoms with Crippen LogP contribution in [0.25, 0.3) is 0 Å². The molecule has 1 aliphatic rings. The summed E-state index contributed by atoms with van der Waals surface area (Å²) in [5.74, 6) is -0.373. The molecule has 0 aliphatic carbocycles. The lowest BCUT2D eigenvalue weighted by Gasteiger charge is -2.14. The number of carbonyl (C=O) groups is 2. The van der Waals surface area contributed by atoms with E-state index in [0.29, 0.717) is 12.1 Å². The molecule has 0 saturated carbocycles. The summed E-state index contributed by atoms with van der Waals surface area (Å²) >= 11 is 0. The fourth-order valence-corrected chi connectivity index (χ4v) is 1.53. The van der Waals surface area contributed by atoms with Crippen molar-refractivity contribution in [3.8, 4) is 0 Å². The first-order valence-electron chi connectivity index (χ1n) is 4.35. The van der Waals surface area contributed by atoms with E-state index in [2.05, 4.69) is 5.43 Å². The summed E-state index contributed by atoms with van der Waals surface area (Å²) in [5, 5.41) is 1.33. The minimum absolute atomic E-state index is 0.143. The van der Waals surface area contributed by atoms with Crippen LogP contribution in [0.15, 0.2) is 24.3 Å². The molecule has 1 N–H and O–H groups in total. The Morgan fingerprint density at radius 1 is 1.43 bits per heavy atom. The highest BCUT2D eigenvalue weighted by atomic mass is 16.2. The summed E-state index contributed by atoms with van der Waals surface area (Å²) in [4.78, 5) is 22.4. The van der Waals surface area contributed by atoms with E-state index in [9.17, 15) is 9.59 Å². The van der Waals surface area contributed by atoms with Gasteiger partial charge >= 0.3 is 0 Å². The Morgan fingerprint density at radius 3 is 2.79 bits per heavy atom. The number of hydrazine groups is 1. The van der Waals surface area contributed by atoms with Crippen molar-refractivity contribution in [1.82, 2.24) is 10.4 Å². The fraction of sp³-hybridized carbons (Fsp3) is 0.200. The van der Waals surface area contributed by atoms with Crippen LogP contribution in [0.5, 0.6) is 0 Å². The topological polar surface area (TPSA) is 49.4 Å². The molecular weight excluding hydrogens is 180 g/mol. The van der Waals surface area contributed by atoms with E-state index in [1.807, 2.05) is 18.2 Å². The zero-order chi connectivity index (χ0) is 10.1. The van der Waals surface area contributed by atoms with Gasteiger partial charge in [0.25, 0.3) is 5.91 Å². The summed E-state index contributed by atoms with van der Waals surface area (Å²) in [6.45, 7) is 1.84. The van der Waals surface area contributed by atoms with Crippen LogP contribution < -0.4 is 5.43 Å². The predicted octanol–water partition coefficient (Wildman–Crippen LogP) is 0.693. The van der Waals surface area contributed by atoms with E-state index in [4.69, 9.17) is 0 Å². The Labute approximate surface area is 81.5 Å². The average Bonchev–Trinajstić information content (AvgIpc) is 2.44. The third kappa shape index (κ3) is 1.35. The number of benzene rings is 1. The van der Waals surface area contributed by atoms with Crippen LogP contribution in [-0.4, -0.2) is 16.8 Å². The zero-order valence-corrected chi connectivity index (χ0v) is 7.78. The van der Waals surface area contributed by atoms with Gasteiger partial charge in [-0.3, -0.25) is 15.0 Å². The van der Waals surface area contributed by atoms with Crippen LogP contribution >= 0.6 is 0 Å². The van der Waals surface area contributed by atoms with Gasteiger partial charge < -0.3 is 0 Å². The van der Waals surface area contributed by atoms with Gasteiger partial charge in [0.15, 0.2) is 0 Å². The molecule has 0 atom stereocenters. The Balaban J connectivity index is 2.26. The number of nitrogens with zero attached hydrogens (tertiary/aromatic N) is 1. The molecule has 0 spiro atoms. The van der Waals surface area contributed by atoms with Crippen molar-refractivity contribution in [2.24, 2.45) is 0 Å². The first kappa shape index (κ1) is 8.74. The molecule has 2 amide bonds. The van der Waals surface area contributed by atoms with Gasteiger partial charge in [0, 0.05) is 12.5 Å². The third-order valence-corrected chi connectivity index (χ3v) is 2.11. The Hall–Kier alpha value is -1.84. The van der Waals surface area contributed by atoms with E-state index >= 15 is 0 Å². The molecule has 0 unspecified atom stereocenters. The molecule has 4 heteroatoms. The molecule has 0 radical (unpaired) electrons. The van der Waals surface area contributed by atoms with E-state index in [-0.39, 0.29) is 11.8 Å². The maximum Gasteiger partial charge on any atom is 0.272 e. The van der Waals surface area contributed by atoms with Crippen LogP contribution in [-0.2, 0) is 11.3 Å². The zero-order valence-electron chi connectivity index (χ0n) is 7.78. The van der Waals surface area contributed by atoms with Crippen molar-refractivity contribution in [3.63, 3.8) is 0 Å². The average molecular weight is 190 g/mol. The van der Waals surface area contributed by atoms with Crippen molar-refractivity contribution in [2.75, 3.05) is 0 Å². The molecule has 0 saturated heterocycles. The first-order valence-corrected chi connectivity index (χ1v) is 4.35. The number of carbonyl (C=O) groups excluding carboxylic acids is 2. The molecule has 1 aromatic rings. The second-order valence-electron chi connectivity index (χ2n) is 3.22. The monoisotopic (exact) mass is 190 g/mol. The first-order chi connectivity index (χ1) is 6.68. The molecule has 1 heterocycles. The number of hydrogen-bond donors (Lipinski definition) is 1. The summed E-state index contributed by atoms with van der Waals surface area (Å²) < 4.78 is 0. The quantitative estimate of drug-likeness (QED) is 0.708. The molecular formula is C10H10N2O2. The van der Waals surface area contributed by atoms with E-state index in [1.165, 1.54) is 11.9 Å². The normalized spacial score (nSPS) is 14.1. The Morgan fingerprint density at radius 2 is 2.14 bits per heavy atom. The van der Waals surface area contributed by atoms with Crippen LogP contribution in [0.3, 0.4) is 0 Å². The molecule has 72 valence electrons. The summed E-state index contributed by atoms with van der Waals surface area (Å²) in [5.41, 5.74) is 4.10. The van der Waals surface area contributed by atoms with Crippen LogP contribution in [0.2, 0.25) is 0 Å². The maximum absolute atomic E-state index is 11.6. The number of rotatable bonds is 1. The molecule has 14 heavy (non-hydrogen) atoms. The van der Waals surface area contributed by atoms with Gasteiger partial charge in [0.1, 0.15) is 0 Å². The number of nitrogens with one attached hydrogen (secondary N) is 1. The Kier molecular flexibility index (Phi) is 1.96. The van der Waals surface area contributed by atoms with Gasteiger partial charge in [0.05, 0.1) is 6.54 Å². The van der Waals surface area contributed by atoms with E-state index in [0.717, 1.165) is 5.56 Å². The van der Waals surface area contributed by atoms with E-state index in [1.54, 1.807) is 6.07 Å². The highest BCUT2D eigenvalue weighted by Gasteiger charge is 2.27. The van der Waals surface area contributed by atoms with Crippen LogP contribution in [0.1, 0.15) is 22.8 Å². The number of fused-ring (bicyclic) bond motifs is 1. The van der Waals surface area contributed by atoms with Gasteiger partial charge in [-0.05, 0) is 11.6 Å². The summed E-state index contributed by atoms with van der Waals surface area (Å²) in [7, 11) is 0. The highest BCUT2D eigenvalue weighted by Crippen LogP contribution is 2.20. The molecule has 1 aliphatic heterocycles. The van der Waals surface area contributed by atoms with Gasteiger partial charge in [-0.2, -0.15) is 0 Å². The molecule has 1 aromatic carbocycles. The SMILES string of the molecule is CC(=O)NN1Cc2ccccc2C1=O. The van der Waals surface area contributed by atoms with Crippen molar-refractivity contribution in [1.29, 1.82) is 0 Å². The molecule has 0 aromatic heterocycles. The van der Waals surface area contributed by atoms with Crippen molar-refractivity contribution >= 4 is 11.8 Å². The smallest absolute Gasteiger partial charge is 0.272 e. The van der Waals surface area contributed by atoms with Crippen LogP contribution in [0, 0.1) is 0 Å². The standard InChI is InChI=1S/C10H10N2O2/c1-7(13)11-12-6-8-4-2-3-5-9(8)10(12)14/h2-5H,6H2,1H3,(H,11,13). The number of amides is 2. The van der Waals surface area contributed by atoms with Crippen molar-refractivity contribution < 1.29 is 9.59 Å². The molecule has 0 fully saturated rings. The van der Waals surface area contributed by atoms with Gasteiger partial charge in [-0.15, -0.1) is 0 Å². The predicted molar refractivity (Wildman–Crippen MR) is 50.1 cm³/mol. The van der Waals surface area contributed by atoms with Gasteiger partial charge in [-0.25, -0.2) is 5.01 Å². The second-order valence-corrected chi connectivity index (χ2v) is 3.22. The highest BCUT2D eigenvalue weighted by molar-refractivity contribution is 5.99. The fourth-order valence-electron chi connectivity index (χ4n) is 1.53. The molecule has 0 bridgehead atoms. The molecule has 2 rings (SSSR count). The maximum atomic E-state index is 11.6. The van der Waals surface area contributed by atoms with Gasteiger partial charge in [-0.1, -0.05) is 18.2 Å². The lowest BCUT2D eigenvalue weighted by atomic mass is 10.1. The lowest BCUT2D eigenvalue weighted by Crippen LogP contribution is -2.40. The molecule has 4 nitrogen and oxygen atoms in total. The lowest BCUT2D eigenvalue weighted by molar-refractivity contribution is -0.122. The minimum atomic E-state index is -0.230. The van der Waals surface area contributed by atoms with E-state index < -0.39 is 0 Å². The van der Waals surface area contributed by atoms with Crippen molar-refractivity contribution in [2.45, 2.75) is 13.5 Å². The summed E-state index contributed by atoms with van der Waals surface area (Å²) in [6.07, 6.45) is 0. The Bertz CT molecular complexity index is 401. The number of hydrogen-bond acceptors (Lipinski definition) is 2. The summed E-state index contributed by atoms with van der Waals surface area (Å²) in [6, 6.07) is 7.34.